The van der Waals surface area contributed by atoms with E-state index >= 15 is 0 Å². The van der Waals surface area contributed by atoms with Crippen LogP contribution < -0.4 is 11.1 Å². The Balaban J connectivity index is 3.20. The third-order valence-electron chi connectivity index (χ3n) is 1.15. The van der Waals surface area contributed by atoms with E-state index in [0.29, 0.717) is 5.92 Å². The van der Waals surface area contributed by atoms with E-state index < -0.39 is 0 Å². The molecule has 3 heteroatoms. The smallest absolute Gasteiger partial charge is 0.185 e. The third-order valence-corrected chi connectivity index (χ3v) is 1.15. The minimum atomic E-state index is 0.0444. The maximum atomic E-state index is 6.86. The Kier molecular flexibility index (Phi) is 5.25. The van der Waals surface area contributed by atoms with Gasteiger partial charge in [0.1, 0.15) is 0 Å². The number of nitrogens with two attached hydrogens (primary N) is 1. The molecule has 0 bridgehead atoms. The molecule has 64 valence electrons. The Morgan fingerprint density at radius 3 is 2.73 bits per heavy atom. The average Bonchev–Trinajstić information content (AvgIpc) is 1.85. The second kappa shape index (κ2) is 5.77. The van der Waals surface area contributed by atoms with E-state index in [9.17, 15) is 0 Å². The van der Waals surface area contributed by atoms with Crippen molar-refractivity contribution in [2.75, 3.05) is 6.54 Å². The van der Waals surface area contributed by atoms with E-state index in [0.717, 1.165) is 13.0 Å². The molecule has 0 heterocycles. The highest BCUT2D eigenvalue weighted by molar-refractivity contribution is 5.74. The number of hydrogen-bond acceptors (Lipinski definition) is 1. The van der Waals surface area contributed by atoms with Gasteiger partial charge in [-0.25, -0.2) is 0 Å². The summed E-state index contributed by atoms with van der Waals surface area (Å²) in [5.41, 5.74) is 5.08. The van der Waals surface area contributed by atoms with Gasteiger partial charge < -0.3 is 11.1 Å². The van der Waals surface area contributed by atoms with Gasteiger partial charge in [0, 0.05) is 6.54 Å². The molecule has 0 aliphatic carbocycles. The predicted octanol–water partition coefficient (Wildman–Crippen LogP) is 1.07. The molecule has 0 radical (unpaired) electrons. The van der Waals surface area contributed by atoms with Gasteiger partial charge in [0.25, 0.3) is 0 Å². The summed E-state index contributed by atoms with van der Waals surface area (Å²) in [6.45, 7) is 5.02. The van der Waals surface area contributed by atoms with Crippen molar-refractivity contribution in [2.24, 2.45) is 11.7 Å². The highest BCUT2D eigenvalue weighted by atomic mass is 15.0. The SMILES string of the molecule is CC(C)/C=C/CCNC(=N)N. The van der Waals surface area contributed by atoms with E-state index in [2.05, 4.69) is 31.3 Å². The minimum absolute atomic E-state index is 0.0444. The van der Waals surface area contributed by atoms with Crippen molar-refractivity contribution in [3.05, 3.63) is 12.2 Å². The van der Waals surface area contributed by atoms with Crippen LogP contribution in [0.4, 0.5) is 0 Å². The van der Waals surface area contributed by atoms with Gasteiger partial charge >= 0.3 is 0 Å². The van der Waals surface area contributed by atoms with Gasteiger partial charge in [-0.3, -0.25) is 5.41 Å². The summed E-state index contributed by atoms with van der Waals surface area (Å²) in [4.78, 5) is 0. The lowest BCUT2D eigenvalue weighted by Crippen LogP contribution is -2.30. The summed E-state index contributed by atoms with van der Waals surface area (Å²) >= 11 is 0. The number of nitrogens with one attached hydrogen (secondary N) is 2. The van der Waals surface area contributed by atoms with Crippen LogP contribution >= 0.6 is 0 Å². The Morgan fingerprint density at radius 2 is 2.27 bits per heavy atom. The van der Waals surface area contributed by atoms with Gasteiger partial charge in [0.2, 0.25) is 0 Å². The Bertz CT molecular complexity index is 138. The fourth-order valence-electron chi connectivity index (χ4n) is 0.659. The summed E-state index contributed by atoms with van der Waals surface area (Å²) in [6, 6.07) is 0. The molecule has 11 heavy (non-hydrogen) atoms. The van der Waals surface area contributed by atoms with Crippen LogP contribution in [0.3, 0.4) is 0 Å². The Labute approximate surface area is 68.2 Å². The van der Waals surface area contributed by atoms with Gasteiger partial charge in [-0.15, -0.1) is 0 Å². The van der Waals surface area contributed by atoms with Crippen LogP contribution in [0.2, 0.25) is 0 Å². The van der Waals surface area contributed by atoms with E-state index in [-0.39, 0.29) is 5.96 Å². The number of hydrogen-bond donors (Lipinski definition) is 3. The van der Waals surface area contributed by atoms with Crippen LogP contribution in [-0.2, 0) is 0 Å². The minimum Gasteiger partial charge on any atom is -0.370 e. The zero-order chi connectivity index (χ0) is 8.69. The van der Waals surface area contributed by atoms with E-state index in [4.69, 9.17) is 11.1 Å². The summed E-state index contributed by atoms with van der Waals surface area (Å²) in [5, 5.41) is 9.59. The summed E-state index contributed by atoms with van der Waals surface area (Å²) in [6.07, 6.45) is 5.17. The van der Waals surface area contributed by atoms with Crippen LogP contribution in [-0.4, -0.2) is 12.5 Å². The zero-order valence-corrected chi connectivity index (χ0v) is 7.22. The molecule has 0 atom stereocenters. The summed E-state index contributed by atoms with van der Waals surface area (Å²) in [5.74, 6) is 0.648. The number of rotatable bonds is 4. The first kappa shape index (κ1) is 10.0. The summed E-state index contributed by atoms with van der Waals surface area (Å²) < 4.78 is 0. The van der Waals surface area contributed by atoms with Crippen LogP contribution in [0.25, 0.3) is 0 Å². The van der Waals surface area contributed by atoms with Crippen molar-refractivity contribution in [3.8, 4) is 0 Å². The normalized spacial score (nSPS) is 10.8. The largest absolute Gasteiger partial charge is 0.370 e. The molecule has 0 aromatic carbocycles. The van der Waals surface area contributed by atoms with Crippen molar-refractivity contribution in [3.63, 3.8) is 0 Å². The van der Waals surface area contributed by atoms with E-state index in [1.807, 2.05) is 0 Å². The molecule has 0 aromatic heterocycles. The highest BCUT2D eigenvalue weighted by Gasteiger charge is 1.85. The first-order valence-corrected chi connectivity index (χ1v) is 3.87. The molecule has 0 aromatic rings. The maximum absolute atomic E-state index is 6.86. The molecule has 0 fully saturated rings. The first-order valence-electron chi connectivity index (χ1n) is 3.87. The molecule has 0 aliphatic rings. The number of guanidine groups is 1. The fraction of sp³-hybridized carbons (Fsp3) is 0.625. The second-order valence-electron chi connectivity index (χ2n) is 2.80. The molecule has 0 unspecified atom stereocenters. The van der Waals surface area contributed by atoms with Crippen LogP contribution in [0.15, 0.2) is 12.2 Å². The lowest BCUT2D eigenvalue weighted by Gasteiger charge is -1.99. The molecule has 0 aliphatic heterocycles. The lowest BCUT2D eigenvalue weighted by atomic mass is 10.2. The van der Waals surface area contributed by atoms with Gasteiger partial charge in [-0.1, -0.05) is 26.0 Å². The molecule has 0 rings (SSSR count). The number of allylic oxidation sites excluding steroid dienone is 1. The molecule has 3 nitrogen and oxygen atoms in total. The van der Waals surface area contributed by atoms with Crippen LogP contribution in [0.1, 0.15) is 20.3 Å². The Morgan fingerprint density at radius 1 is 1.64 bits per heavy atom. The van der Waals surface area contributed by atoms with E-state index in [1.54, 1.807) is 0 Å². The van der Waals surface area contributed by atoms with Crippen molar-refractivity contribution in [2.45, 2.75) is 20.3 Å². The molecular formula is C8H17N3. The van der Waals surface area contributed by atoms with Crippen LogP contribution in [0, 0.1) is 11.3 Å². The molecule has 4 N–H and O–H groups in total. The fourth-order valence-corrected chi connectivity index (χ4v) is 0.659. The molecule has 0 spiro atoms. The second-order valence-corrected chi connectivity index (χ2v) is 2.80. The zero-order valence-electron chi connectivity index (χ0n) is 7.22. The van der Waals surface area contributed by atoms with Gasteiger partial charge in [-0.05, 0) is 12.3 Å². The van der Waals surface area contributed by atoms with Crippen molar-refractivity contribution in [1.82, 2.24) is 5.32 Å². The van der Waals surface area contributed by atoms with Crippen molar-refractivity contribution < 1.29 is 0 Å². The molecular weight excluding hydrogens is 138 g/mol. The molecule has 0 saturated carbocycles. The predicted molar refractivity (Wildman–Crippen MR) is 48.5 cm³/mol. The topological polar surface area (TPSA) is 61.9 Å². The maximum Gasteiger partial charge on any atom is 0.185 e. The quantitative estimate of drug-likeness (QED) is 0.246. The monoisotopic (exact) mass is 155 g/mol. The highest BCUT2D eigenvalue weighted by Crippen LogP contribution is 1.93. The van der Waals surface area contributed by atoms with Crippen molar-refractivity contribution >= 4 is 5.96 Å². The molecule has 0 amide bonds. The third kappa shape index (κ3) is 9.01. The standard InChI is InChI=1S/C8H17N3/c1-7(2)5-3-4-6-11-8(9)10/h3,5,7H,4,6H2,1-2H3,(H4,9,10,11)/b5-3+. The molecule has 0 saturated heterocycles. The van der Waals surface area contributed by atoms with Crippen LogP contribution in [0.5, 0.6) is 0 Å². The van der Waals surface area contributed by atoms with Crippen molar-refractivity contribution in [1.29, 1.82) is 5.41 Å². The average molecular weight is 155 g/mol. The van der Waals surface area contributed by atoms with Gasteiger partial charge in [0.15, 0.2) is 5.96 Å². The first-order chi connectivity index (χ1) is 5.13. The van der Waals surface area contributed by atoms with Gasteiger partial charge in [-0.2, -0.15) is 0 Å². The summed E-state index contributed by atoms with van der Waals surface area (Å²) in [7, 11) is 0. The van der Waals surface area contributed by atoms with Gasteiger partial charge in [0.05, 0.1) is 0 Å². The van der Waals surface area contributed by atoms with E-state index in [1.165, 1.54) is 0 Å². The lowest BCUT2D eigenvalue weighted by molar-refractivity contribution is 0.813. The Hall–Kier alpha value is -0.990.